The van der Waals surface area contributed by atoms with Crippen molar-refractivity contribution in [2.75, 3.05) is 0 Å². The van der Waals surface area contributed by atoms with Gasteiger partial charge in [0.05, 0.1) is 4.91 Å². The first-order valence-electron chi connectivity index (χ1n) is 7.45. The van der Waals surface area contributed by atoms with Gasteiger partial charge in [0.1, 0.15) is 23.1 Å². The zero-order valence-corrected chi connectivity index (χ0v) is 14.0. The number of alkyl halides is 2. The number of allylic oxidation sites excluding steroid dienone is 4. The van der Waals surface area contributed by atoms with Crippen LogP contribution in [0.25, 0.3) is 0 Å². The van der Waals surface area contributed by atoms with Crippen LogP contribution in [0.4, 0.5) is 17.6 Å². The van der Waals surface area contributed by atoms with Crippen LogP contribution in [0.1, 0.15) is 25.7 Å². The molecule has 0 saturated carbocycles. The molecule has 1 aromatic carbocycles. The van der Waals surface area contributed by atoms with Gasteiger partial charge in [0, 0.05) is 18.2 Å². The van der Waals surface area contributed by atoms with Crippen molar-refractivity contribution in [1.29, 1.82) is 0 Å². The second-order valence-electron chi connectivity index (χ2n) is 5.49. The van der Waals surface area contributed by atoms with Gasteiger partial charge in [-0.15, -0.1) is 0 Å². The molecule has 1 aliphatic carbocycles. The third-order valence-electron chi connectivity index (χ3n) is 3.58. The Morgan fingerprint density at radius 2 is 1.60 bits per heavy atom. The first kappa shape index (κ1) is 19.2. The number of halogens is 4. The van der Waals surface area contributed by atoms with Crippen molar-refractivity contribution < 1.29 is 30.7 Å². The van der Waals surface area contributed by atoms with Crippen molar-refractivity contribution in [3.63, 3.8) is 0 Å². The van der Waals surface area contributed by atoms with E-state index in [0.717, 1.165) is 18.2 Å². The van der Waals surface area contributed by atoms with Crippen LogP contribution in [0.2, 0.25) is 0 Å². The van der Waals surface area contributed by atoms with Gasteiger partial charge in [-0.25, -0.2) is 17.2 Å². The molecule has 0 saturated heterocycles. The third-order valence-corrected chi connectivity index (χ3v) is 5.12. The Balaban J connectivity index is 2.40. The molecule has 0 fully saturated rings. The molecule has 0 atom stereocenters. The molecule has 0 radical (unpaired) electrons. The summed E-state index contributed by atoms with van der Waals surface area (Å²) in [7, 11) is -4.70. The van der Waals surface area contributed by atoms with Gasteiger partial charge in [0.15, 0.2) is 0 Å². The molecule has 136 valence electrons. The normalized spacial score (nSPS) is 18.7. The quantitative estimate of drug-likeness (QED) is 0.704. The fourth-order valence-corrected chi connectivity index (χ4v) is 3.22. The van der Waals surface area contributed by atoms with Crippen LogP contribution >= 0.6 is 0 Å². The summed E-state index contributed by atoms with van der Waals surface area (Å²) in [4.78, 5) is -0.413. The lowest BCUT2D eigenvalue weighted by Crippen LogP contribution is -2.13. The Morgan fingerprint density at radius 3 is 2.20 bits per heavy atom. The van der Waals surface area contributed by atoms with Gasteiger partial charge in [-0.3, -0.25) is 0 Å². The monoisotopic (exact) mass is 376 g/mol. The Kier molecular flexibility index (Phi) is 6.05. The smallest absolute Gasteiger partial charge is 0.340 e. The van der Waals surface area contributed by atoms with Crippen LogP contribution in [-0.2, 0) is 9.84 Å². The third kappa shape index (κ3) is 4.94. The highest BCUT2D eigenvalue weighted by Gasteiger charge is 2.28. The molecule has 0 aliphatic heterocycles. The molecule has 0 bridgehead atoms. The van der Waals surface area contributed by atoms with Crippen LogP contribution in [-0.4, -0.2) is 14.2 Å². The maximum atomic E-state index is 13.3. The zero-order valence-electron chi connectivity index (χ0n) is 13.1. The van der Waals surface area contributed by atoms with E-state index in [1.807, 2.05) is 0 Å². The van der Waals surface area contributed by atoms with Gasteiger partial charge in [0.2, 0.25) is 9.84 Å². The van der Waals surface area contributed by atoms with Crippen molar-refractivity contribution in [2.24, 2.45) is 0 Å². The van der Waals surface area contributed by atoms with Gasteiger partial charge < -0.3 is 4.74 Å². The van der Waals surface area contributed by atoms with E-state index in [2.05, 4.69) is 6.58 Å². The van der Waals surface area contributed by atoms with E-state index < -0.39 is 32.1 Å². The number of sulfone groups is 1. The Bertz CT molecular complexity index is 806. The van der Waals surface area contributed by atoms with Gasteiger partial charge in [-0.05, 0) is 43.4 Å². The predicted octanol–water partition coefficient (Wildman–Crippen LogP) is 4.88. The largest absolute Gasteiger partial charge is 0.457 e. The summed E-state index contributed by atoms with van der Waals surface area (Å²) >= 11 is 0. The lowest BCUT2D eigenvalue weighted by atomic mass is 10.1. The van der Waals surface area contributed by atoms with Gasteiger partial charge in [-0.1, -0.05) is 6.58 Å². The minimum Gasteiger partial charge on any atom is -0.457 e. The van der Waals surface area contributed by atoms with E-state index in [0.29, 0.717) is 30.9 Å². The van der Waals surface area contributed by atoms with Gasteiger partial charge in [-0.2, -0.15) is 8.78 Å². The van der Waals surface area contributed by atoms with Crippen LogP contribution < -0.4 is 4.74 Å². The predicted molar refractivity (Wildman–Crippen MR) is 85.7 cm³/mol. The van der Waals surface area contributed by atoms with Crippen LogP contribution in [0.5, 0.6) is 5.75 Å². The number of rotatable bonds is 4. The summed E-state index contributed by atoms with van der Waals surface area (Å²) in [5, 5.41) is 0. The highest BCUT2D eigenvalue weighted by molar-refractivity contribution is 7.95. The standard InChI is InChI=1S/C17H16F4O3S/c1-11-4-2-3-5-15(25(22,23)17(20)21)6-7-16(11)24-14-9-12(18)8-13(19)10-14/h6-10,17H,1-5H2/b15-6+,16-7?. The Hall–Kier alpha value is -2.09. The molecule has 3 nitrogen and oxygen atoms in total. The lowest BCUT2D eigenvalue weighted by molar-refractivity contribution is 0.236. The van der Waals surface area contributed by atoms with Gasteiger partial charge >= 0.3 is 5.76 Å². The summed E-state index contributed by atoms with van der Waals surface area (Å²) in [6.07, 6.45) is 3.51. The summed E-state index contributed by atoms with van der Waals surface area (Å²) < 4.78 is 80.8. The van der Waals surface area contributed by atoms with Crippen molar-refractivity contribution in [3.05, 3.63) is 64.8 Å². The van der Waals surface area contributed by atoms with E-state index in [1.165, 1.54) is 6.08 Å². The topological polar surface area (TPSA) is 43.4 Å². The van der Waals surface area contributed by atoms with E-state index in [1.54, 1.807) is 0 Å². The van der Waals surface area contributed by atoms with Crippen molar-refractivity contribution in [3.8, 4) is 5.75 Å². The molecule has 0 N–H and O–H groups in total. The molecule has 1 aliphatic rings. The van der Waals surface area contributed by atoms with E-state index in [9.17, 15) is 26.0 Å². The van der Waals surface area contributed by atoms with Crippen molar-refractivity contribution in [1.82, 2.24) is 0 Å². The van der Waals surface area contributed by atoms with Crippen molar-refractivity contribution >= 4 is 9.84 Å². The number of hydrogen-bond donors (Lipinski definition) is 0. The number of benzene rings is 1. The molecular weight excluding hydrogens is 360 g/mol. The molecule has 0 spiro atoms. The van der Waals surface area contributed by atoms with Crippen LogP contribution in [0.15, 0.2) is 53.2 Å². The number of ether oxygens (including phenoxy) is 1. The molecule has 25 heavy (non-hydrogen) atoms. The molecule has 1 aromatic rings. The second-order valence-corrected chi connectivity index (χ2v) is 7.46. The summed E-state index contributed by atoms with van der Waals surface area (Å²) in [6.45, 7) is 3.79. The lowest BCUT2D eigenvalue weighted by Gasteiger charge is -2.12. The molecule has 0 heterocycles. The first-order chi connectivity index (χ1) is 11.7. The molecule has 2 rings (SSSR count). The molecule has 0 amide bonds. The SMILES string of the molecule is C=C1CCCC/C(S(=O)(=O)C(F)F)=C\C=C1Oc1cc(F)cc(F)c1. The summed E-state index contributed by atoms with van der Waals surface area (Å²) in [6, 6.07) is 2.57. The second kappa shape index (κ2) is 7.86. The molecular formula is C17H16F4O3S. The van der Waals surface area contributed by atoms with Gasteiger partial charge in [0.25, 0.3) is 0 Å². The fraction of sp³-hybridized carbons (Fsp3) is 0.294. The van der Waals surface area contributed by atoms with E-state index >= 15 is 0 Å². The van der Waals surface area contributed by atoms with Crippen LogP contribution in [0, 0.1) is 11.6 Å². The maximum absolute atomic E-state index is 13.3. The minimum atomic E-state index is -4.70. The fourth-order valence-electron chi connectivity index (χ4n) is 2.30. The Labute approximate surface area is 143 Å². The van der Waals surface area contributed by atoms with E-state index in [4.69, 9.17) is 4.74 Å². The minimum absolute atomic E-state index is 0.0294. The highest BCUT2D eigenvalue weighted by atomic mass is 32.2. The number of hydrogen-bond acceptors (Lipinski definition) is 3. The summed E-state index contributed by atoms with van der Waals surface area (Å²) in [5.74, 6) is -5.29. The first-order valence-corrected chi connectivity index (χ1v) is 9.00. The zero-order chi connectivity index (χ0) is 18.6. The molecule has 8 heteroatoms. The molecule has 0 unspecified atom stereocenters. The average molecular weight is 376 g/mol. The maximum Gasteiger partial charge on any atom is 0.340 e. The Morgan fingerprint density at radius 1 is 1.00 bits per heavy atom. The van der Waals surface area contributed by atoms with Crippen molar-refractivity contribution in [2.45, 2.75) is 31.4 Å². The average Bonchev–Trinajstić information content (AvgIpc) is 2.58. The van der Waals surface area contributed by atoms with E-state index in [-0.39, 0.29) is 17.9 Å². The molecule has 0 aromatic heterocycles. The van der Waals surface area contributed by atoms with Crippen LogP contribution in [0.3, 0.4) is 0 Å². The summed E-state index contributed by atoms with van der Waals surface area (Å²) in [5.41, 5.74) is 0.469. The highest BCUT2D eigenvalue weighted by Crippen LogP contribution is 2.28.